The molecule has 124 valence electrons. The third kappa shape index (κ3) is 9.37. The Morgan fingerprint density at radius 1 is 1.05 bits per heavy atom. The molecule has 0 heterocycles. The highest BCUT2D eigenvalue weighted by molar-refractivity contribution is 5.66. The number of benzene rings is 1. The van der Waals surface area contributed by atoms with E-state index in [9.17, 15) is 4.79 Å². The molecule has 1 aromatic rings. The first kappa shape index (κ1) is 18.5. The normalized spacial score (nSPS) is 11.9. The average Bonchev–Trinajstić information content (AvgIpc) is 2.52. The summed E-state index contributed by atoms with van der Waals surface area (Å²) in [7, 11) is 0. The maximum Gasteiger partial charge on any atom is 0.303 e. The number of hydrogen-bond donors (Lipinski definition) is 0. The molecular weight excluding hydrogens is 284 g/mol. The van der Waals surface area contributed by atoms with Gasteiger partial charge in [0.1, 0.15) is 12.4 Å². The van der Waals surface area contributed by atoms with E-state index in [1.807, 2.05) is 37.3 Å². The molecule has 0 aliphatic rings. The number of unbranched alkanes of at least 4 members (excludes halogenated alkanes) is 1. The van der Waals surface area contributed by atoms with E-state index >= 15 is 0 Å². The zero-order valence-electron chi connectivity index (χ0n) is 13.5. The summed E-state index contributed by atoms with van der Waals surface area (Å²) in [6.45, 7) is 6.10. The van der Waals surface area contributed by atoms with Gasteiger partial charge in [0, 0.05) is 26.7 Å². The Hall–Kier alpha value is -1.59. The number of hydrogen-bond acceptors (Lipinski definition) is 5. The Morgan fingerprint density at radius 2 is 1.73 bits per heavy atom. The molecule has 0 spiro atoms. The molecule has 0 N–H and O–H groups in total. The molecular formula is C17H26O5. The van der Waals surface area contributed by atoms with E-state index in [0.29, 0.717) is 13.2 Å². The molecule has 22 heavy (non-hydrogen) atoms. The summed E-state index contributed by atoms with van der Waals surface area (Å²) in [4.78, 5) is 11.1. The van der Waals surface area contributed by atoms with Crippen LogP contribution >= 0.6 is 0 Å². The van der Waals surface area contributed by atoms with Gasteiger partial charge < -0.3 is 18.9 Å². The van der Waals surface area contributed by atoms with Crippen molar-refractivity contribution in [1.82, 2.24) is 0 Å². The maximum absolute atomic E-state index is 11.1. The lowest BCUT2D eigenvalue weighted by Gasteiger charge is -2.18. The number of para-hydroxylation sites is 1. The Balaban J connectivity index is 2.21. The topological polar surface area (TPSA) is 54.0 Å². The molecule has 1 aromatic carbocycles. The quantitative estimate of drug-likeness (QED) is 0.439. The van der Waals surface area contributed by atoms with Crippen LogP contribution in [0.25, 0.3) is 0 Å². The van der Waals surface area contributed by atoms with Gasteiger partial charge in [0.15, 0.2) is 6.10 Å². The van der Waals surface area contributed by atoms with E-state index in [1.165, 1.54) is 6.92 Å². The summed E-state index contributed by atoms with van der Waals surface area (Å²) in [5, 5.41) is 0. The molecule has 0 saturated carbocycles. The lowest BCUT2D eigenvalue weighted by molar-refractivity contribution is -0.151. The second-order valence-corrected chi connectivity index (χ2v) is 4.83. The van der Waals surface area contributed by atoms with Crippen molar-refractivity contribution < 1.29 is 23.7 Å². The number of carbonyl (C=O) groups excluding carboxylic acids is 1. The van der Waals surface area contributed by atoms with Crippen LogP contribution in [0.15, 0.2) is 30.3 Å². The molecule has 0 aliphatic heterocycles. The lowest BCUT2D eigenvalue weighted by Crippen LogP contribution is -2.29. The fraction of sp³-hybridized carbons (Fsp3) is 0.588. The van der Waals surface area contributed by atoms with Gasteiger partial charge in [0.2, 0.25) is 0 Å². The zero-order valence-corrected chi connectivity index (χ0v) is 13.5. The number of rotatable bonds is 12. The summed E-state index contributed by atoms with van der Waals surface area (Å²) in [5.74, 6) is 0.415. The predicted octanol–water partition coefficient (Wildman–Crippen LogP) is 2.83. The minimum atomic E-state index is -0.399. The summed E-state index contributed by atoms with van der Waals surface area (Å²) in [6.07, 6.45) is 1.49. The van der Waals surface area contributed by atoms with Crippen LogP contribution in [0, 0.1) is 0 Å². The molecule has 1 atom stereocenters. The highest BCUT2D eigenvalue weighted by atomic mass is 16.6. The Bertz CT molecular complexity index is 393. The van der Waals surface area contributed by atoms with Crippen LogP contribution in [-0.4, -0.2) is 45.1 Å². The summed E-state index contributed by atoms with van der Waals surface area (Å²) < 4.78 is 21.6. The van der Waals surface area contributed by atoms with Crippen LogP contribution in [0.2, 0.25) is 0 Å². The van der Waals surface area contributed by atoms with Gasteiger partial charge in [-0.3, -0.25) is 4.79 Å². The van der Waals surface area contributed by atoms with E-state index in [2.05, 4.69) is 0 Å². The molecule has 0 fully saturated rings. The van der Waals surface area contributed by atoms with Crippen molar-refractivity contribution >= 4 is 5.97 Å². The van der Waals surface area contributed by atoms with E-state index in [-0.39, 0.29) is 12.6 Å². The van der Waals surface area contributed by atoms with Gasteiger partial charge in [-0.15, -0.1) is 0 Å². The average molecular weight is 310 g/mol. The molecule has 0 amide bonds. The zero-order chi connectivity index (χ0) is 16.0. The summed E-state index contributed by atoms with van der Waals surface area (Å²) in [5.41, 5.74) is 0. The van der Waals surface area contributed by atoms with Gasteiger partial charge in [-0.1, -0.05) is 18.2 Å². The van der Waals surface area contributed by atoms with Crippen LogP contribution in [-0.2, 0) is 19.0 Å². The van der Waals surface area contributed by atoms with Crippen LogP contribution in [0.4, 0.5) is 0 Å². The highest BCUT2D eigenvalue weighted by Crippen LogP contribution is 2.09. The molecule has 5 heteroatoms. The van der Waals surface area contributed by atoms with Gasteiger partial charge in [-0.2, -0.15) is 0 Å². The van der Waals surface area contributed by atoms with Crippen molar-refractivity contribution in [2.75, 3.05) is 33.0 Å². The van der Waals surface area contributed by atoms with Gasteiger partial charge in [0.25, 0.3) is 0 Å². The molecule has 1 rings (SSSR count). The summed E-state index contributed by atoms with van der Waals surface area (Å²) >= 11 is 0. The van der Waals surface area contributed by atoms with Crippen molar-refractivity contribution in [3.63, 3.8) is 0 Å². The SMILES string of the molecule is CCOCCCCOCC(COc1ccccc1)OC(C)=O. The third-order valence-electron chi connectivity index (χ3n) is 2.85. The number of ether oxygens (including phenoxy) is 4. The van der Waals surface area contributed by atoms with Gasteiger partial charge in [-0.05, 0) is 31.9 Å². The van der Waals surface area contributed by atoms with Crippen molar-refractivity contribution in [1.29, 1.82) is 0 Å². The molecule has 5 nitrogen and oxygen atoms in total. The van der Waals surface area contributed by atoms with E-state index in [4.69, 9.17) is 18.9 Å². The van der Waals surface area contributed by atoms with Gasteiger partial charge in [-0.25, -0.2) is 0 Å². The molecule has 0 aromatic heterocycles. The smallest absolute Gasteiger partial charge is 0.303 e. The number of carbonyl (C=O) groups is 1. The van der Waals surface area contributed by atoms with Gasteiger partial charge >= 0.3 is 5.97 Å². The minimum Gasteiger partial charge on any atom is -0.490 e. The first-order valence-corrected chi connectivity index (χ1v) is 7.73. The number of esters is 1. The second-order valence-electron chi connectivity index (χ2n) is 4.83. The third-order valence-corrected chi connectivity index (χ3v) is 2.85. The van der Waals surface area contributed by atoms with E-state index in [0.717, 1.165) is 31.8 Å². The van der Waals surface area contributed by atoms with E-state index in [1.54, 1.807) is 0 Å². The van der Waals surface area contributed by atoms with Gasteiger partial charge in [0.05, 0.1) is 6.61 Å². The fourth-order valence-corrected chi connectivity index (χ4v) is 1.82. The highest BCUT2D eigenvalue weighted by Gasteiger charge is 2.13. The van der Waals surface area contributed by atoms with Crippen LogP contribution < -0.4 is 4.74 Å². The molecule has 0 radical (unpaired) electrons. The standard InChI is InChI=1S/C17H26O5/c1-3-19-11-7-8-12-20-13-17(22-15(2)18)14-21-16-9-5-4-6-10-16/h4-6,9-10,17H,3,7-8,11-14H2,1-2H3. The fourth-order valence-electron chi connectivity index (χ4n) is 1.82. The van der Waals surface area contributed by atoms with Crippen molar-refractivity contribution in [2.24, 2.45) is 0 Å². The van der Waals surface area contributed by atoms with Crippen LogP contribution in [0.5, 0.6) is 5.75 Å². The molecule has 0 aliphatic carbocycles. The largest absolute Gasteiger partial charge is 0.490 e. The monoisotopic (exact) mass is 310 g/mol. The Labute approximate surface area is 132 Å². The lowest BCUT2D eigenvalue weighted by atomic mass is 10.3. The molecule has 1 unspecified atom stereocenters. The minimum absolute atomic E-state index is 0.280. The summed E-state index contributed by atoms with van der Waals surface area (Å²) in [6, 6.07) is 9.43. The first-order valence-electron chi connectivity index (χ1n) is 7.73. The molecule has 0 bridgehead atoms. The maximum atomic E-state index is 11.1. The van der Waals surface area contributed by atoms with Crippen LogP contribution in [0.3, 0.4) is 0 Å². The van der Waals surface area contributed by atoms with Crippen LogP contribution in [0.1, 0.15) is 26.7 Å². The van der Waals surface area contributed by atoms with E-state index < -0.39 is 6.10 Å². The Kier molecular flexibility index (Phi) is 10.1. The van der Waals surface area contributed by atoms with Crippen molar-refractivity contribution in [2.45, 2.75) is 32.8 Å². The van der Waals surface area contributed by atoms with Crippen molar-refractivity contribution in [3.8, 4) is 5.75 Å². The Morgan fingerprint density at radius 3 is 2.36 bits per heavy atom. The molecule has 0 saturated heterocycles. The van der Waals surface area contributed by atoms with Crippen molar-refractivity contribution in [3.05, 3.63) is 30.3 Å². The first-order chi connectivity index (χ1) is 10.7. The predicted molar refractivity (Wildman–Crippen MR) is 84.0 cm³/mol. The second kappa shape index (κ2) is 12.0.